The topological polar surface area (TPSA) is 45.3 Å². The number of nitrogens with one attached hydrogen (secondary N) is 1. The molecule has 0 spiro atoms. The van der Waals surface area contributed by atoms with E-state index < -0.39 is 0 Å². The molecule has 1 saturated heterocycles. The third-order valence-electron chi connectivity index (χ3n) is 5.34. The SMILES string of the molecule is O=C(CCc1c[nH]c2ccccc12)N1CCO[C@@H]2CCCCC21. The fourth-order valence-corrected chi connectivity index (χ4v) is 4.13. The van der Waals surface area contributed by atoms with Gasteiger partial charge in [-0.05, 0) is 30.9 Å². The lowest BCUT2D eigenvalue weighted by atomic mass is 9.90. The molecule has 23 heavy (non-hydrogen) atoms. The highest BCUT2D eigenvalue weighted by atomic mass is 16.5. The smallest absolute Gasteiger partial charge is 0.223 e. The third-order valence-corrected chi connectivity index (χ3v) is 5.34. The van der Waals surface area contributed by atoms with Gasteiger partial charge >= 0.3 is 0 Å². The van der Waals surface area contributed by atoms with E-state index >= 15 is 0 Å². The van der Waals surface area contributed by atoms with Crippen LogP contribution in [-0.2, 0) is 16.0 Å². The summed E-state index contributed by atoms with van der Waals surface area (Å²) in [4.78, 5) is 18.1. The van der Waals surface area contributed by atoms with Gasteiger partial charge in [-0.15, -0.1) is 0 Å². The van der Waals surface area contributed by atoms with E-state index in [1.807, 2.05) is 12.3 Å². The molecule has 1 unspecified atom stereocenters. The highest BCUT2D eigenvalue weighted by Crippen LogP contribution is 2.29. The van der Waals surface area contributed by atoms with Crippen molar-refractivity contribution in [3.8, 4) is 0 Å². The number of ether oxygens (including phenoxy) is 1. The van der Waals surface area contributed by atoms with Gasteiger partial charge < -0.3 is 14.6 Å². The van der Waals surface area contributed by atoms with Crippen molar-refractivity contribution < 1.29 is 9.53 Å². The molecule has 4 nitrogen and oxygen atoms in total. The lowest BCUT2D eigenvalue weighted by Crippen LogP contribution is -2.54. The van der Waals surface area contributed by atoms with E-state index in [2.05, 4.69) is 28.1 Å². The number of fused-ring (bicyclic) bond motifs is 2. The summed E-state index contributed by atoms with van der Waals surface area (Å²) >= 11 is 0. The van der Waals surface area contributed by atoms with Crippen molar-refractivity contribution in [2.75, 3.05) is 13.2 Å². The van der Waals surface area contributed by atoms with E-state index in [4.69, 9.17) is 4.74 Å². The first-order valence-electron chi connectivity index (χ1n) is 8.79. The minimum atomic E-state index is 0.273. The van der Waals surface area contributed by atoms with Gasteiger partial charge in [0.05, 0.1) is 18.8 Å². The van der Waals surface area contributed by atoms with Crippen molar-refractivity contribution in [2.24, 2.45) is 0 Å². The van der Waals surface area contributed by atoms with Gasteiger partial charge in [0, 0.05) is 30.1 Å². The zero-order valence-corrected chi connectivity index (χ0v) is 13.5. The normalized spacial score (nSPS) is 24.6. The van der Waals surface area contributed by atoms with Crippen LogP contribution in [0, 0.1) is 0 Å². The zero-order valence-electron chi connectivity index (χ0n) is 13.5. The molecule has 1 saturated carbocycles. The van der Waals surface area contributed by atoms with Crippen LogP contribution >= 0.6 is 0 Å². The van der Waals surface area contributed by atoms with Crippen LogP contribution in [0.3, 0.4) is 0 Å². The standard InChI is InChI=1S/C19H24N2O2/c22-19(21-11-12-23-18-8-4-3-7-17(18)21)10-9-14-13-20-16-6-2-1-5-15(14)16/h1-2,5-6,13,17-18,20H,3-4,7-12H2/t17?,18-/m1/s1. The number of hydrogen-bond donors (Lipinski definition) is 1. The van der Waals surface area contributed by atoms with Crippen molar-refractivity contribution in [3.05, 3.63) is 36.0 Å². The second-order valence-corrected chi connectivity index (χ2v) is 6.71. The summed E-state index contributed by atoms with van der Waals surface area (Å²) in [6, 6.07) is 8.60. The molecule has 1 aliphatic heterocycles. The monoisotopic (exact) mass is 312 g/mol. The van der Waals surface area contributed by atoms with Gasteiger partial charge in [0.1, 0.15) is 0 Å². The fraction of sp³-hybridized carbons (Fsp3) is 0.526. The number of aryl methyl sites for hydroxylation is 1. The first kappa shape index (κ1) is 14.8. The van der Waals surface area contributed by atoms with Crippen LogP contribution in [-0.4, -0.2) is 41.1 Å². The zero-order chi connectivity index (χ0) is 15.6. The van der Waals surface area contributed by atoms with E-state index in [0.717, 1.165) is 31.3 Å². The Labute approximate surface area is 136 Å². The van der Waals surface area contributed by atoms with Crippen molar-refractivity contribution in [1.82, 2.24) is 9.88 Å². The van der Waals surface area contributed by atoms with Gasteiger partial charge in [0.25, 0.3) is 0 Å². The predicted molar refractivity (Wildman–Crippen MR) is 90.3 cm³/mol. The lowest BCUT2D eigenvalue weighted by molar-refractivity contribution is -0.149. The first-order chi connectivity index (χ1) is 11.3. The highest BCUT2D eigenvalue weighted by Gasteiger charge is 2.36. The van der Waals surface area contributed by atoms with Gasteiger partial charge in [-0.2, -0.15) is 0 Å². The molecule has 122 valence electrons. The fourth-order valence-electron chi connectivity index (χ4n) is 4.13. The Morgan fingerprint density at radius 1 is 1.26 bits per heavy atom. The Morgan fingerprint density at radius 2 is 2.13 bits per heavy atom. The van der Waals surface area contributed by atoms with E-state index in [9.17, 15) is 4.79 Å². The molecule has 4 rings (SSSR count). The summed E-state index contributed by atoms with van der Waals surface area (Å²) in [7, 11) is 0. The summed E-state index contributed by atoms with van der Waals surface area (Å²) in [6.07, 6.45) is 8.37. The number of nitrogens with zero attached hydrogens (tertiary/aromatic N) is 1. The van der Waals surface area contributed by atoms with Crippen molar-refractivity contribution in [2.45, 2.75) is 50.7 Å². The average Bonchev–Trinajstić information content (AvgIpc) is 3.02. The predicted octanol–water partition coefficient (Wildman–Crippen LogP) is 3.27. The number of para-hydroxylation sites is 1. The van der Waals surface area contributed by atoms with Gasteiger partial charge in [0.2, 0.25) is 5.91 Å². The van der Waals surface area contributed by atoms with E-state index in [-0.39, 0.29) is 12.0 Å². The Morgan fingerprint density at radius 3 is 3.09 bits per heavy atom. The van der Waals surface area contributed by atoms with E-state index in [1.54, 1.807) is 0 Å². The minimum absolute atomic E-state index is 0.273. The van der Waals surface area contributed by atoms with Crippen molar-refractivity contribution in [3.63, 3.8) is 0 Å². The van der Waals surface area contributed by atoms with Crippen molar-refractivity contribution >= 4 is 16.8 Å². The Balaban J connectivity index is 1.43. The Kier molecular flexibility index (Phi) is 4.08. The maximum atomic E-state index is 12.7. The van der Waals surface area contributed by atoms with Crippen LogP contribution in [0.1, 0.15) is 37.7 Å². The molecule has 2 fully saturated rings. The highest BCUT2D eigenvalue weighted by molar-refractivity contribution is 5.84. The van der Waals surface area contributed by atoms with Crippen LogP contribution in [0.2, 0.25) is 0 Å². The summed E-state index contributed by atoms with van der Waals surface area (Å²) in [6.45, 7) is 1.45. The molecular weight excluding hydrogens is 288 g/mol. The summed E-state index contributed by atoms with van der Waals surface area (Å²) in [5.74, 6) is 0.287. The third kappa shape index (κ3) is 2.88. The molecule has 0 radical (unpaired) electrons. The van der Waals surface area contributed by atoms with Crippen LogP contribution in [0.5, 0.6) is 0 Å². The molecule has 1 aliphatic carbocycles. The summed E-state index contributed by atoms with van der Waals surface area (Å²) in [5.41, 5.74) is 2.39. The second-order valence-electron chi connectivity index (χ2n) is 6.71. The molecule has 1 aromatic heterocycles. The maximum absolute atomic E-state index is 12.7. The molecule has 2 atom stereocenters. The van der Waals surface area contributed by atoms with Crippen LogP contribution in [0.4, 0.5) is 0 Å². The number of aromatic nitrogens is 1. The lowest BCUT2D eigenvalue weighted by Gasteiger charge is -2.43. The van der Waals surface area contributed by atoms with Crippen molar-refractivity contribution in [1.29, 1.82) is 0 Å². The molecule has 2 heterocycles. The molecular formula is C19H24N2O2. The van der Waals surface area contributed by atoms with E-state index in [0.29, 0.717) is 19.1 Å². The molecule has 1 N–H and O–H groups in total. The molecule has 1 amide bonds. The Bertz CT molecular complexity index is 691. The number of morpholine rings is 1. The number of H-pyrrole nitrogens is 1. The average molecular weight is 312 g/mol. The van der Waals surface area contributed by atoms with Gasteiger partial charge in [-0.1, -0.05) is 31.0 Å². The number of benzene rings is 1. The van der Waals surface area contributed by atoms with Crippen LogP contribution < -0.4 is 0 Å². The first-order valence-corrected chi connectivity index (χ1v) is 8.79. The molecule has 4 heteroatoms. The number of amides is 1. The van der Waals surface area contributed by atoms with Crippen LogP contribution in [0.25, 0.3) is 10.9 Å². The Hall–Kier alpha value is -1.81. The minimum Gasteiger partial charge on any atom is -0.374 e. The largest absolute Gasteiger partial charge is 0.374 e. The quantitative estimate of drug-likeness (QED) is 0.945. The number of rotatable bonds is 3. The summed E-state index contributed by atoms with van der Waals surface area (Å²) in [5, 5.41) is 1.23. The van der Waals surface area contributed by atoms with Gasteiger partial charge in [-0.25, -0.2) is 0 Å². The second kappa shape index (κ2) is 6.36. The molecule has 0 bridgehead atoms. The van der Waals surface area contributed by atoms with Gasteiger partial charge in [-0.3, -0.25) is 4.79 Å². The van der Waals surface area contributed by atoms with E-state index in [1.165, 1.54) is 23.8 Å². The van der Waals surface area contributed by atoms with Gasteiger partial charge in [0.15, 0.2) is 0 Å². The summed E-state index contributed by atoms with van der Waals surface area (Å²) < 4.78 is 5.87. The van der Waals surface area contributed by atoms with Crippen LogP contribution in [0.15, 0.2) is 30.5 Å². The number of aromatic amines is 1. The molecule has 2 aromatic rings. The number of carbonyl (C=O) groups is 1. The maximum Gasteiger partial charge on any atom is 0.223 e. The number of hydrogen-bond acceptors (Lipinski definition) is 2. The molecule has 1 aromatic carbocycles. The molecule has 2 aliphatic rings. The number of carbonyl (C=O) groups excluding carboxylic acids is 1.